The van der Waals surface area contributed by atoms with E-state index in [0.29, 0.717) is 61.5 Å². The minimum absolute atomic E-state index is 0.0205. The van der Waals surface area contributed by atoms with Crippen LogP contribution in [0.5, 0.6) is 0 Å². The lowest BCUT2D eigenvalue weighted by molar-refractivity contribution is -0.120. The largest absolute Gasteiger partial charge is 0.364 e. The normalized spacial score (nSPS) is 17.6. The Bertz CT molecular complexity index is 1240. The second-order valence-electron chi connectivity index (χ2n) is 11.2. The summed E-state index contributed by atoms with van der Waals surface area (Å²) in [6.45, 7) is 7.83. The van der Waals surface area contributed by atoms with Gasteiger partial charge in [-0.15, -0.1) is 0 Å². The molecule has 1 N–H and O–H groups in total. The number of halogens is 1. The summed E-state index contributed by atoms with van der Waals surface area (Å²) in [6, 6.07) is 9.18. The van der Waals surface area contributed by atoms with Crippen molar-refractivity contribution in [2.45, 2.75) is 82.9 Å². The molecule has 0 unspecified atom stereocenters. The molecule has 1 fully saturated rings. The molecule has 1 aliphatic heterocycles. The number of Topliss-reactive ketones (excluding diaryl/α,β-unsaturated/α-hetero) is 1. The van der Waals surface area contributed by atoms with Crippen molar-refractivity contribution in [3.05, 3.63) is 60.1 Å². The molecule has 204 valence electrons. The first-order chi connectivity index (χ1) is 18.2. The van der Waals surface area contributed by atoms with Crippen LogP contribution in [0.15, 0.2) is 47.3 Å². The van der Waals surface area contributed by atoms with Gasteiger partial charge in [-0.25, -0.2) is 9.37 Å². The van der Waals surface area contributed by atoms with Gasteiger partial charge in [0.1, 0.15) is 30.3 Å². The van der Waals surface area contributed by atoms with E-state index in [2.05, 4.69) is 30.1 Å². The van der Waals surface area contributed by atoms with E-state index in [0.717, 1.165) is 18.9 Å². The molecule has 1 atom stereocenters. The van der Waals surface area contributed by atoms with Crippen LogP contribution < -0.4 is 5.32 Å². The number of amides is 1. The Morgan fingerprint density at radius 3 is 2.71 bits per heavy atom. The predicted octanol–water partition coefficient (Wildman–Crippen LogP) is 5.93. The minimum atomic E-state index is -1.25. The van der Waals surface area contributed by atoms with Crippen molar-refractivity contribution >= 4 is 19.8 Å². The predicted molar refractivity (Wildman–Crippen MR) is 145 cm³/mol. The minimum Gasteiger partial charge on any atom is -0.364 e. The van der Waals surface area contributed by atoms with Gasteiger partial charge in [-0.1, -0.05) is 49.8 Å². The van der Waals surface area contributed by atoms with E-state index in [9.17, 15) is 14.0 Å². The first-order valence-corrected chi connectivity index (χ1v) is 17.0. The maximum Gasteiger partial charge on any atom is 0.220 e. The molecule has 8 nitrogen and oxygen atoms in total. The number of imidazole rings is 1. The van der Waals surface area contributed by atoms with Gasteiger partial charge in [-0.2, -0.15) is 0 Å². The molecule has 4 rings (SSSR count). The number of ether oxygens (including phenoxy) is 1. The van der Waals surface area contributed by atoms with Crippen LogP contribution in [-0.2, 0) is 21.8 Å². The second kappa shape index (κ2) is 12.2. The van der Waals surface area contributed by atoms with Crippen molar-refractivity contribution in [3.63, 3.8) is 0 Å². The molecule has 0 aliphatic carbocycles. The van der Waals surface area contributed by atoms with Gasteiger partial charge in [0.2, 0.25) is 5.91 Å². The molecule has 1 aromatic carbocycles. The Balaban J connectivity index is 1.51. The Labute approximate surface area is 224 Å². The van der Waals surface area contributed by atoms with Crippen molar-refractivity contribution in [2.75, 3.05) is 6.61 Å². The molecule has 0 bridgehead atoms. The number of ketones is 1. The number of aromatic nitrogens is 3. The van der Waals surface area contributed by atoms with Crippen LogP contribution in [0.2, 0.25) is 25.7 Å². The number of carbonyl (C=O) groups excluding carboxylic acids is 2. The third kappa shape index (κ3) is 7.05. The SMILES string of the molecule is C[Si](C)(C)CCOCn1cc(-c2ccccc2F)nc1[C@]1(CCCCCC(=O)c2ccon2)CCC(=O)N1. The van der Waals surface area contributed by atoms with Crippen molar-refractivity contribution in [1.82, 2.24) is 20.0 Å². The molecule has 3 heterocycles. The van der Waals surface area contributed by atoms with E-state index in [1.165, 1.54) is 12.3 Å². The van der Waals surface area contributed by atoms with Crippen molar-refractivity contribution < 1.29 is 23.2 Å². The van der Waals surface area contributed by atoms with E-state index in [1.54, 1.807) is 24.3 Å². The number of hydrogen-bond donors (Lipinski definition) is 1. The van der Waals surface area contributed by atoms with Crippen LogP contribution in [0.25, 0.3) is 11.3 Å². The maximum absolute atomic E-state index is 14.7. The summed E-state index contributed by atoms with van der Waals surface area (Å²) in [5, 5.41) is 6.89. The second-order valence-corrected chi connectivity index (χ2v) is 16.9. The Kier molecular flexibility index (Phi) is 8.94. The third-order valence-electron chi connectivity index (χ3n) is 6.97. The summed E-state index contributed by atoms with van der Waals surface area (Å²) in [5.41, 5.74) is 0.617. The quantitative estimate of drug-likeness (QED) is 0.155. The summed E-state index contributed by atoms with van der Waals surface area (Å²) < 4.78 is 27.4. The van der Waals surface area contributed by atoms with Gasteiger partial charge in [-0.3, -0.25) is 9.59 Å². The van der Waals surface area contributed by atoms with Crippen LogP contribution >= 0.6 is 0 Å². The van der Waals surface area contributed by atoms with Gasteiger partial charge in [0.25, 0.3) is 0 Å². The topological polar surface area (TPSA) is 99.2 Å². The smallest absolute Gasteiger partial charge is 0.220 e. The van der Waals surface area contributed by atoms with E-state index >= 15 is 0 Å². The van der Waals surface area contributed by atoms with Gasteiger partial charge in [0.15, 0.2) is 5.78 Å². The summed E-state index contributed by atoms with van der Waals surface area (Å²) in [7, 11) is -1.25. The molecule has 0 radical (unpaired) electrons. The van der Waals surface area contributed by atoms with E-state index < -0.39 is 13.6 Å². The first-order valence-electron chi connectivity index (χ1n) is 13.3. The Morgan fingerprint density at radius 2 is 2.03 bits per heavy atom. The maximum atomic E-state index is 14.7. The number of carbonyl (C=O) groups is 2. The highest BCUT2D eigenvalue weighted by Crippen LogP contribution is 2.37. The average Bonchev–Trinajstić information content (AvgIpc) is 3.62. The van der Waals surface area contributed by atoms with Crippen LogP contribution in [0.1, 0.15) is 61.3 Å². The van der Waals surface area contributed by atoms with Crippen molar-refractivity contribution in [1.29, 1.82) is 0 Å². The summed E-state index contributed by atoms with van der Waals surface area (Å²) in [5.74, 6) is 0.286. The van der Waals surface area contributed by atoms with E-state index in [1.807, 2.05) is 10.8 Å². The monoisotopic (exact) mass is 540 g/mol. The highest BCUT2D eigenvalue weighted by atomic mass is 28.3. The standard InChI is InChI=1S/C28H37FN4O4Si/c1-38(2,3)18-17-36-20-33-19-24(21-9-6-7-10-22(21)29)30-27(33)28(15-12-26(35)31-28)14-8-4-5-11-25(34)23-13-16-37-32-23/h6-7,9-10,13,16,19H,4-5,8,11-12,14-15,17-18,20H2,1-3H3,(H,31,35)/t28-/m0/s1. The molecular formula is C28H37FN4O4Si. The first kappa shape index (κ1) is 27.9. The van der Waals surface area contributed by atoms with Gasteiger partial charge in [0, 0.05) is 45.3 Å². The zero-order valence-corrected chi connectivity index (χ0v) is 23.5. The van der Waals surface area contributed by atoms with Crippen LogP contribution in [0.4, 0.5) is 4.39 Å². The zero-order valence-electron chi connectivity index (χ0n) is 22.5. The number of benzene rings is 1. The summed E-state index contributed by atoms with van der Waals surface area (Å²) in [6.07, 6.45) is 7.61. The highest BCUT2D eigenvalue weighted by Gasteiger charge is 2.42. The molecule has 3 aromatic rings. The number of nitrogens with one attached hydrogen (secondary N) is 1. The van der Waals surface area contributed by atoms with Crippen molar-refractivity contribution in [3.8, 4) is 11.3 Å². The number of rotatable bonds is 14. The van der Waals surface area contributed by atoms with E-state index in [-0.39, 0.29) is 24.2 Å². The fourth-order valence-electron chi connectivity index (χ4n) is 4.80. The van der Waals surface area contributed by atoms with Gasteiger partial charge in [-0.05, 0) is 37.4 Å². The van der Waals surface area contributed by atoms with Crippen LogP contribution in [0.3, 0.4) is 0 Å². The number of unbranched alkanes of at least 4 members (excludes halogenated alkanes) is 2. The molecular weight excluding hydrogens is 503 g/mol. The summed E-state index contributed by atoms with van der Waals surface area (Å²) in [4.78, 5) is 29.6. The lowest BCUT2D eigenvalue weighted by Crippen LogP contribution is -2.41. The lowest BCUT2D eigenvalue weighted by Gasteiger charge is -2.29. The number of nitrogens with zero attached hydrogens (tertiary/aromatic N) is 3. The van der Waals surface area contributed by atoms with Crippen LogP contribution in [-0.4, -0.2) is 41.1 Å². The Hall–Kier alpha value is -3.11. The molecule has 10 heteroatoms. The molecule has 1 amide bonds. The Morgan fingerprint density at radius 1 is 1.21 bits per heavy atom. The van der Waals surface area contributed by atoms with Gasteiger partial charge in [0.05, 0.1) is 11.2 Å². The molecule has 0 saturated carbocycles. The average molecular weight is 541 g/mol. The molecule has 2 aromatic heterocycles. The van der Waals surface area contributed by atoms with Crippen molar-refractivity contribution in [2.24, 2.45) is 0 Å². The molecule has 1 saturated heterocycles. The van der Waals surface area contributed by atoms with Gasteiger partial charge >= 0.3 is 0 Å². The molecule has 1 aliphatic rings. The van der Waals surface area contributed by atoms with Gasteiger partial charge < -0.3 is 19.1 Å². The zero-order chi connectivity index (χ0) is 27.2. The summed E-state index contributed by atoms with van der Waals surface area (Å²) >= 11 is 0. The van der Waals surface area contributed by atoms with E-state index in [4.69, 9.17) is 14.2 Å². The highest BCUT2D eigenvalue weighted by molar-refractivity contribution is 6.76. The lowest BCUT2D eigenvalue weighted by atomic mass is 9.89. The fourth-order valence-corrected chi connectivity index (χ4v) is 5.55. The number of hydrogen-bond acceptors (Lipinski definition) is 6. The third-order valence-corrected chi connectivity index (χ3v) is 8.67. The van der Waals surface area contributed by atoms with Crippen LogP contribution in [0, 0.1) is 5.82 Å². The fraction of sp³-hybridized carbons (Fsp3) is 0.500. The molecule has 38 heavy (non-hydrogen) atoms. The molecule has 0 spiro atoms.